The van der Waals surface area contributed by atoms with E-state index in [1.165, 1.54) is 4.88 Å². The molecule has 1 aromatic carbocycles. The lowest BCUT2D eigenvalue weighted by Gasteiger charge is -2.21. The van der Waals surface area contributed by atoms with Crippen LogP contribution in [0, 0.1) is 0 Å². The third-order valence-corrected chi connectivity index (χ3v) is 4.51. The Bertz CT molecular complexity index is 646. The largest absolute Gasteiger partial charge is 0.354 e. The van der Waals surface area contributed by atoms with Crippen molar-refractivity contribution in [2.75, 3.05) is 33.7 Å². The quantitative estimate of drug-likeness (QED) is 0.282. The van der Waals surface area contributed by atoms with Gasteiger partial charge in [-0.3, -0.25) is 9.79 Å². The summed E-state index contributed by atoms with van der Waals surface area (Å²) in [4.78, 5) is 19.7. The minimum Gasteiger partial charge on any atom is -0.354 e. The number of thiophene rings is 1. The predicted molar refractivity (Wildman–Crippen MR) is 116 cm³/mol. The number of benzene rings is 1. The standard InChI is InChI=1S/C18H24N4OS.HI/c1-19-18(22(2)13-10-16-9-6-14-24-16)21-12-11-20-17(23)15-7-4-3-5-8-15;/h3-9,14H,10-13H2,1-2H3,(H,19,21)(H,20,23);1H. The van der Waals surface area contributed by atoms with Crippen molar-refractivity contribution in [1.82, 2.24) is 15.5 Å². The van der Waals surface area contributed by atoms with Crippen LogP contribution < -0.4 is 10.6 Å². The van der Waals surface area contributed by atoms with Gasteiger partial charge in [-0.25, -0.2) is 0 Å². The maximum atomic E-state index is 11.9. The van der Waals surface area contributed by atoms with E-state index in [4.69, 9.17) is 0 Å². The highest BCUT2D eigenvalue weighted by atomic mass is 127. The van der Waals surface area contributed by atoms with Gasteiger partial charge < -0.3 is 15.5 Å². The average molecular weight is 472 g/mol. The van der Waals surface area contributed by atoms with E-state index in [0.717, 1.165) is 18.9 Å². The fraction of sp³-hybridized carbons (Fsp3) is 0.333. The highest BCUT2D eigenvalue weighted by Gasteiger charge is 2.07. The lowest BCUT2D eigenvalue weighted by atomic mass is 10.2. The van der Waals surface area contributed by atoms with Crippen molar-refractivity contribution in [1.29, 1.82) is 0 Å². The Morgan fingerprint density at radius 2 is 1.84 bits per heavy atom. The van der Waals surface area contributed by atoms with E-state index in [1.807, 2.05) is 25.2 Å². The van der Waals surface area contributed by atoms with E-state index in [-0.39, 0.29) is 29.9 Å². The molecule has 0 saturated carbocycles. The molecule has 0 spiro atoms. The first-order valence-corrected chi connectivity index (χ1v) is 8.86. The molecule has 0 aliphatic carbocycles. The number of halogens is 1. The molecule has 2 aromatic rings. The lowest BCUT2D eigenvalue weighted by Crippen LogP contribution is -2.43. The topological polar surface area (TPSA) is 56.7 Å². The van der Waals surface area contributed by atoms with Gasteiger partial charge in [-0.15, -0.1) is 35.3 Å². The van der Waals surface area contributed by atoms with Gasteiger partial charge in [-0.2, -0.15) is 0 Å². The molecule has 0 aliphatic heterocycles. The van der Waals surface area contributed by atoms with Crippen LogP contribution in [-0.2, 0) is 6.42 Å². The van der Waals surface area contributed by atoms with Gasteiger partial charge in [-0.05, 0) is 30.0 Å². The molecule has 0 radical (unpaired) electrons. The van der Waals surface area contributed by atoms with Gasteiger partial charge in [0.15, 0.2) is 5.96 Å². The molecule has 0 atom stereocenters. The molecule has 2 N–H and O–H groups in total. The molecule has 7 heteroatoms. The summed E-state index contributed by atoms with van der Waals surface area (Å²) < 4.78 is 0. The molecule has 1 heterocycles. The first-order valence-electron chi connectivity index (χ1n) is 7.98. The summed E-state index contributed by atoms with van der Waals surface area (Å²) in [6, 6.07) is 13.4. The number of hydrogen-bond donors (Lipinski definition) is 2. The van der Waals surface area contributed by atoms with Crippen molar-refractivity contribution >= 4 is 47.2 Å². The summed E-state index contributed by atoms with van der Waals surface area (Å²) in [5.41, 5.74) is 0.676. The fourth-order valence-electron chi connectivity index (χ4n) is 2.27. The highest BCUT2D eigenvalue weighted by Crippen LogP contribution is 2.09. The first kappa shape index (κ1) is 21.4. The van der Waals surface area contributed by atoms with Crippen molar-refractivity contribution in [3.8, 4) is 0 Å². The van der Waals surface area contributed by atoms with Crippen LogP contribution in [0.15, 0.2) is 52.8 Å². The van der Waals surface area contributed by atoms with E-state index >= 15 is 0 Å². The number of likely N-dealkylation sites (N-methyl/N-ethyl adjacent to an activating group) is 1. The molecule has 25 heavy (non-hydrogen) atoms. The first-order chi connectivity index (χ1) is 11.7. The number of carbonyl (C=O) groups is 1. The maximum Gasteiger partial charge on any atom is 0.251 e. The van der Waals surface area contributed by atoms with Crippen LogP contribution in [0.3, 0.4) is 0 Å². The van der Waals surface area contributed by atoms with Gasteiger partial charge in [0.25, 0.3) is 5.91 Å². The molecule has 0 bridgehead atoms. The molecule has 0 fully saturated rings. The van der Waals surface area contributed by atoms with E-state index in [9.17, 15) is 4.79 Å². The molecule has 0 saturated heterocycles. The monoisotopic (exact) mass is 472 g/mol. The Balaban J connectivity index is 0.00000312. The summed E-state index contributed by atoms with van der Waals surface area (Å²) in [6.45, 7) is 2.08. The van der Waals surface area contributed by atoms with Crippen molar-refractivity contribution in [3.63, 3.8) is 0 Å². The zero-order chi connectivity index (χ0) is 17.2. The highest BCUT2D eigenvalue weighted by molar-refractivity contribution is 14.0. The minimum absolute atomic E-state index is 0. The Morgan fingerprint density at radius 3 is 2.48 bits per heavy atom. The number of nitrogens with zero attached hydrogens (tertiary/aromatic N) is 2. The summed E-state index contributed by atoms with van der Waals surface area (Å²) in [7, 11) is 3.79. The molecule has 5 nitrogen and oxygen atoms in total. The number of nitrogens with one attached hydrogen (secondary N) is 2. The van der Waals surface area contributed by atoms with Crippen molar-refractivity contribution in [2.45, 2.75) is 6.42 Å². The van der Waals surface area contributed by atoms with Gasteiger partial charge in [0.1, 0.15) is 0 Å². The molecule has 2 rings (SSSR count). The van der Waals surface area contributed by atoms with Crippen LogP contribution >= 0.6 is 35.3 Å². The summed E-state index contributed by atoms with van der Waals surface area (Å²) >= 11 is 1.77. The second-order valence-electron chi connectivity index (χ2n) is 5.35. The van der Waals surface area contributed by atoms with Crippen molar-refractivity contribution in [3.05, 3.63) is 58.3 Å². The smallest absolute Gasteiger partial charge is 0.251 e. The molecule has 1 amide bonds. The maximum absolute atomic E-state index is 11.9. The Hall–Kier alpha value is -1.61. The number of amides is 1. The van der Waals surface area contributed by atoms with E-state index in [2.05, 4.69) is 38.0 Å². The summed E-state index contributed by atoms with van der Waals surface area (Å²) in [5, 5.41) is 8.26. The Labute approximate surface area is 170 Å². The van der Waals surface area contributed by atoms with Crippen LogP contribution in [0.25, 0.3) is 0 Å². The average Bonchev–Trinajstić information content (AvgIpc) is 3.14. The van der Waals surface area contributed by atoms with Crippen LogP contribution in [0.5, 0.6) is 0 Å². The van der Waals surface area contributed by atoms with Crippen molar-refractivity contribution in [2.24, 2.45) is 4.99 Å². The van der Waals surface area contributed by atoms with E-state index < -0.39 is 0 Å². The van der Waals surface area contributed by atoms with Gasteiger partial charge >= 0.3 is 0 Å². The van der Waals surface area contributed by atoms with Gasteiger partial charge in [-0.1, -0.05) is 24.3 Å². The normalized spacial score (nSPS) is 10.7. The van der Waals surface area contributed by atoms with Crippen molar-refractivity contribution < 1.29 is 4.79 Å². The second-order valence-corrected chi connectivity index (χ2v) is 6.38. The van der Waals surface area contributed by atoms with Crippen LogP contribution in [-0.4, -0.2) is 50.5 Å². The zero-order valence-electron chi connectivity index (χ0n) is 14.6. The Morgan fingerprint density at radius 1 is 1.12 bits per heavy atom. The SMILES string of the molecule is CN=C(NCCNC(=O)c1ccccc1)N(C)CCc1cccs1.I. The minimum atomic E-state index is -0.0570. The number of hydrogen-bond acceptors (Lipinski definition) is 3. The van der Waals surface area contributed by atoms with Gasteiger partial charge in [0, 0.05) is 44.2 Å². The second kappa shape index (κ2) is 11.9. The van der Waals surface area contributed by atoms with Crippen LogP contribution in [0.1, 0.15) is 15.2 Å². The van der Waals surface area contributed by atoms with E-state index in [1.54, 1.807) is 30.5 Å². The van der Waals surface area contributed by atoms with E-state index in [0.29, 0.717) is 18.7 Å². The zero-order valence-corrected chi connectivity index (χ0v) is 17.7. The lowest BCUT2D eigenvalue weighted by molar-refractivity contribution is 0.0954. The molecule has 136 valence electrons. The predicted octanol–water partition coefficient (Wildman–Crippen LogP) is 2.85. The molecule has 1 aromatic heterocycles. The van der Waals surface area contributed by atoms with Crippen LogP contribution in [0.2, 0.25) is 0 Å². The van der Waals surface area contributed by atoms with Gasteiger partial charge in [0.2, 0.25) is 0 Å². The Kier molecular flexibility index (Phi) is 10.2. The third-order valence-electron chi connectivity index (χ3n) is 3.58. The third kappa shape index (κ3) is 7.43. The molecule has 0 unspecified atom stereocenters. The molecular weight excluding hydrogens is 447 g/mol. The molecular formula is C18H25IN4OS. The number of aliphatic imine (C=N–C) groups is 1. The summed E-state index contributed by atoms with van der Waals surface area (Å²) in [6.07, 6.45) is 1.000. The van der Waals surface area contributed by atoms with Gasteiger partial charge in [0.05, 0.1) is 0 Å². The fourth-order valence-corrected chi connectivity index (χ4v) is 2.96. The molecule has 0 aliphatic rings. The van der Waals surface area contributed by atoms with Crippen LogP contribution in [0.4, 0.5) is 0 Å². The number of rotatable bonds is 7. The summed E-state index contributed by atoms with van der Waals surface area (Å²) in [5.74, 6) is 0.777. The number of carbonyl (C=O) groups excluding carboxylic acids is 1. The number of guanidine groups is 1.